The normalized spacial score (nSPS) is 12.0. The van der Waals surface area contributed by atoms with Gasteiger partial charge in [-0.05, 0) is 43.3 Å². The zero-order valence-electron chi connectivity index (χ0n) is 15.1. The Labute approximate surface area is 165 Å². The summed E-state index contributed by atoms with van der Waals surface area (Å²) in [5, 5.41) is 2.72. The molecule has 0 bridgehead atoms. The summed E-state index contributed by atoms with van der Waals surface area (Å²) in [5.74, 6) is -0.227. The van der Waals surface area contributed by atoms with Crippen molar-refractivity contribution in [2.75, 3.05) is 23.7 Å². The number of methoxy groups -OCH3 is 1. The van der Waals surface area contributed by atoms with Crippen molar-refractivity contribution < 1.29 is 17.9 Å². The molecule has 0 heterocycles. The summed E-state index contributed by atoms with van der Waals surface area (Å²) in [6, 6.07) is 13.0. The molecule has 2 rings (SSSR count). The van der Waals surface area contributed by atoms with Gasteiger partial charge in [0.05, 0.1) is 17.4 Å². The van der Waals surface area contributed by atoms with Gasteiger partial charge in [-0.3, -0.25) is 9.52 Å². The molecule has 2 aromatic rings. The third kappa shape index (κ3) is 6.84. The number of rotatable bonds is 8. The van der Waals surface area contributed by atoms with E-state index in [1.54, 1.807) is 48.5 Å². The van der Waals surface area contributed by atoms with E-state index in [1.807, 2.05) is 6.92 Å². The van der Waals surface area contributed by atoms with Crippen LogP contribution < -0.4 is 15.8 Å². The zero-order chi connectivity index (χ0) is 19.2. The first-order valence-electron chi connectivity index (χ1n) is 8.06. The van der Waals surface area contributed by atoms with Crippen LogP contribution in [0.4, 0.5) is 11.4 Å². The first kappa shape index (κ1) is 22.9. The fourth-order valence-electron chi connectivity index (χ4n) is 2.23. The van der Waals surface area contributed by atoms with E-state index < -0.39 is 10.0 Å². The molecule has 0 fully saturated rings. The van der Waals surface area contributed by atoms with E-state index in [0.717, 1.165) is 5.56 Å². The maximum atomic E-state index is 12.4. The molecule has 9 heteroatoms. The molecule has 0 aliphatic rings. The summed E-state index contributed by atoms with van der Waals surface area (Å²) in [4.78, 5) is 12.1. The number of carbonyl (C=O) groups is 1. The Balaban J connectivity index is 0.00000364. The summed E-state index contributed by atoms with van der Waals surface area (Å²) in [7, 11) is -2.16. The van der Waals surface area contributed by atoms with Crippen molar-refractivity contribution in [3.05, 3.63) is 54.1 Å². The highest BCUT2D eigenvalue weighted by Crippen LogP contribution is 2.19. The number of nitrogens with two attached hydrogens (primary N) is 1. The van der Waals surface area contributed by atoms with Crippen LogP contribution in [-0.2, 0) is 19.6 Å². The van der Waals surface area contributed by atoms with Crippen molar-refractivity contribution in [3.63, 3.8) is 0 Å². The van der Waals surface area contributed by atoms with Crippen molar-refractivity contribution in [1.82, 2.24) is 0 Å². The van der Waals surface area contributed by atoms with Crippen LogP contribution in [0.5, 0.6) is 0 Å². The van der Waals surface area contributed by atoms with E-state index in [-0.39, 0.29) is 42.3 Å². The maximum absolute atomic E-state index is 12.4. The van der Waals surface area contributed by atoms with Gasteiger partial charge in [-0.15, -0.1) is 12.4 Å². The molecule has 148 valence electrons. The summed E-state index contributed by atoms with van der Waals surface area (Å²) < 4.78 is 32.3. The lowest BCUT2D eigenvalue weighted by molar-refractivity contribution is -0.118. The lowest BCUT2D eigenvalue weighted by Gasteiger charge is -2.13. The molecule has 4 N–H and O–H groups in total. The van der Waals surface area contributed by atoms with Crippen molar-refractivity contribution >= 4 is 39.7 Å². The number of amides is 1. The fourth-order valence-corrected chi connectivity index (χ4v) is 3.29. The van der Waals surface area contributed by atoms with Gasteiger partial charge in [-0.2, -0.15) is 0 Å². The van der Waals surface area contributed by atoms with Crippen LogP contribution in [-0.4, -0.2) is 34.1 Å². The van der Waals surface area contributed by atoms with Crippen LogP contribution in [0.3, 0.4) is 0 Å². The van der Waals surface area contributed by atoms with Gasteiger partial charge >= 0.3 is 0 Å². The molecule has 1 amide bonds. The number of benzene rings is 2. The highest BCUT2D eigenvalue weighted by Gasteiger charge is 2.14. The van der Waals surface area contributed by atoms with E-state index in [4.69, 9.17) is 10.5 Å². The van der Waals surface area contributed by atoms with Gasteiger partial charge in [0.15, 0.2) is 0 Å². The van der Waals surface area contributed by atoms with Crippen LogP contribution >= 0.6 is 12.4 Å². The second-order valence-electron chi connectivity index (χ2n) is 5.84. The molecule has 7 nitrogen and oxygen atoms in total. The van der Waals surface area contributed by atoms with Crippen molar-refractivity contribution in [3.8, 4) is 0 Å². The topological polar surface area (TPSA) is 111 Å². The molecular formula is C18H24ClN3O4S. The second kappa shape index (κ2) is 10.3. The minimum atomic E-state index is -3.66. The quantitative estimate of drug-likeness (QED) is 0.615. The molecule has 0 saturated heterocycles. The van der Waals surface area contributed by atoms with Crippen molar-refractivity contribution in [2.45, 2.75) is 24.3 Å². The van der Waals surface area contributed by atoms with Gasteiger partial charge in [0.2, 0.25) is 5.91 Å². The number of anilines is 2. The van der Waals surface area contributed by atoms with Crippen LogP contribution in [0.25, 0.3) is 0 Å². The van der Waals surface area contributed by atoms with E-state index in [9.17, 15) is 13.2 Å². The molecule has 27 heavy (non-hydrogen) atoms. The SMILES string of the molecule is COC(CN)CC(=O)Nc1ccc(NS(=O)(=O)c2ccc(C)cc2)cc1.Cl. The number of halogens is 1. The smallest absolute Gasteiger partial charge is 0.261 e. The largest absolute Gasteiger partial charge is 0.380 e. The molecule has 1 unspecified atom stereocenters. The second-order valence-corrected chi connectivity index (χ2v) is 7.52. The Kier molecular flexibility index (Phi) is 8.71. The van der Waals surface area contributed by atoms with Crippen molar-refractivity contribution in [1.29, 1.82) is 0 Å². The summed E-state index contributed by atoms with van der Waals surface area (Å²) in [6.07, 6.45) is -0.190. The molecule has 1 atom stereocenters. The highest BCUT2D eigenvalue weighted by molar-refractivity contribution is 7.92. The van der Waals surface area contributed by atoms with Crippen molar-refractivity contribution in [2.24, 2.45) is 5.73 Å². The highest BCUT2D eigenvalue weighted by atomic mass is 35.5. The third-order valence-electron chi connectivity index (χ3n) is 3.76. The fraction of sp³-hybridized carbons (Fsp3) is 0.278. The number of sulfonamides is 1. The van der Waals surface area contributed by atoms with Crippen LogP contribution in [0, 0.1) is 6.92 Å². The standard InChI is InChI=1S/C18H23N3O4S.ClH/c1-13-3-9-17(10-4-13)26(23,24)21-15-7-5-14(6-8-15)20-18(22)11-16(12-19)25-2;/h3-10,16,21H,11-12,19H2,1-2H3,(H,20,22);1H. The Bertz CT molecular complexity index is 836. The number of nitrogens with one attached hydrogen (secondary N) is 2. The number of ether oxygens (including phenoxy) is 1. The first-order valence-corrected chi connectivity index (χ1v) is 9.54. The van der Waals surface area contributed by atoms with Crippen LogP contribution in [0.1, 0.15) is 12.0 Å². The number of carbonyl (C=O) groups excluding carboxylic acids is 1. The monoisotopic (exact) mass is 413 g/mol. The number of aryl methyl sites for hydroxylation is 1. The van der Waals surface area contributed by atoms with E-state index in [2.05, 4.69) is 10.0 Å². The van der Waals surface area contributed by atoms with Gasteiger partial charge in [0.1, 0.15) is 0 Å². The Hall–Kier alpha value is -2.13. The Morgan fingerprint density at radius 2 is 1.63 bits per heavy atom. The Morgan fingerprint density at radius 3 is 2.15 bits per heavy atom. The minimum absolute atomic E-state index is 0. The van der Waals surface area contributed by atoms with Gasteiger partial charge in [-0.1, -0.05) is 17.7 Å². The molecule has 2 aromatic carbocycles. The van der Waals surface area contributed by atoms with Gasteiger partial charge in [-0.25, -0.2) is 8.42 Å². The number of hydrogen-bond donors (Lipinski definition) is 3. The molecule has 0 saturated carbocycles. The average molecular weight is 414 g/mol. The molecule has 0 radical (unpaired) electrons. The van der Waals surface area contributed by atoms with Gasteiger partial charge in [0, 0.05) is 25.0 Å². The first-order chi connectivity index (χ1) is 12.3. The van der Waals surface area contributed by atoms with Crippen LogP contribution in [0.2, 0.25) is 0 Å². The summed E-state index contributed by atoms with van der Waals surface area (Å²) >= 11 is 0. The lowest BCUT2D eigenvalue weighted by Crippen LogP contribution is -2.28. The van der Waals surface area contributed by atoms with Gasteiger partial charge in [0.25, 0.3) is 10.0 Å². The van der Waals surface area contributed by atoms with Crippen LogP contribution in [0.15, 0.2) is 53.4 Å². The van der Waals surface area contributed by atoms with E-state index in [1.165, 1.54) is 7.11 Å². The maximum Gasteiger partial charge on any atom is 0.261 e. The molecule has 0 aromatic heterocycles. The summed E-state index contributed by atoms with van der Waals surface area (Å²) in [5.41, 5.74) is 7.43. The molecule has 0 aliphatic carbocycles. The zero-order valence-corrected chi connectivity index (χ0v) is 16.8. The third-order valence-corrected chi connectivity index (χ3v) is 5.16. The summed E-state index contributed by atoms with van der Waals surface area (Å²) in [6.45, 7) is 2.14. The predicted octanol–water partition coefficient (Wildman–Crippen LogP) is 2.52. The molecule has 0 aliphatic heterocycles. The number of hydrogen-bond acceptors (Lipinski definition) is 5. The van der Waals surface area contributed by atoms with E-state index in [0.29, 0.717) is 11.4 Å². The average Bonchev–Trinajstić information content (AvgIpc) is 2.61. The predicted molar refractivity (Wildman–Crippen MR) is 109 cm³/mol. The lowest BCUT2D eigenvalue weighted by atomic mass is 10.2. The molecular weight excluding hydrogens is 390 g/mol. The van der Waals surface area contributed by atoms with E-state index >= 15 is 0 Å². The minimum Gasteiger partial charge on any atom is -0.380 e. The Morgan fingerprint density at radius 1 is 1.07 bits per heavy atom. The van der Waals surface area contributed by atoms with Gasteiger partial charge < -0.3 is 15.8 Å². The molecule has 0 spiro atoms.